The first-order valence-electron chi connectivity index (χ1n) is 5.61. The van der Waals surface area contributed by atoms with E-state index < -0.39 is 0 Å². The molecule has 1 unspecified atom stereocenters. The Hall–Kier alpha value is -0.410. The van der Waals surface area contributed by atoms with Crippen LogP contribution in [0.2, 0.25) is 0 Å². The fourth-order valence-electron chi connectivity index (χ4n) is 2.14. The van der Waals surface area contributed by atoms with E-state index in [4.69, 9.17) is 5.73 Å². The standard InChI is InChI=1S/C11H22N2O/c1-9(2)11(14)10-4-3-6-13(8-10)7-5-12/h9-10H,3-8,12H2,1-2H3. The molecule has 1 atom stereocenters. The van der Waals surface area contributed by atoms with Crippen molar-refractivity contribution in [2.45, 2.75) is 26.7 Å². The summed E-state index contributed by atoms with van der Waals surface area (Å²) in [6.45, 7) is 7.65. The molecule has 1 aliphatic heterocycles. The Labute approximate surface area is 86.6 Å². The number of ketones is 1. The van der Waals surface area contributed by atoms with Crippen molar-refractivity contribution in [3.05, 3.63) is 0 Å². The zero-order chi connectivity index (χ0) is 10.6. The van der Waals surface area contributed by atoms with Gasteiger partial charge in [-0.05, 0) is 19.4 Å². The van der Waals surface area contributed by atoms with E-state index in [9.17, 15) is 4.79 Å². The number of nitrogens with zero attached hydrogens (tertiary/aromatic N) is 1. The van der Waals surface area contributed by atoms with Crippen molar-refractivity contribution in [2.24, 2.45) is 17.6 Å². The van der Waals surface area contributed by atoms with Gasteiger partial charge < -0.3 is 10.6 Å². The predicted octanol–water partition coefficient (Wildman–Crippen LogP) is 0.882. The molecule has 2 N–H and O–H groups in total. The lowest BCUT2D eigenvalue weighted by Crippen LogP contribution is -2.42. The van der Waals surface area contributed by atoms with Crippen LogP contribution in [0.25, 0.3) is 0 Å². The second kappa shape index (κ2) is 5.47. The quantitative estimate of drug-likeness (QED) is 0.729. The first-order valence-corrected chi connectivity index (χ1v) is 5.61. The summed E-state index contributed by atoms with van der Waals surface area (Å²) in [6.07, 6.45) is 2.21. The lowest BCUT2D eigenvalue weighted by atomic mass is 9.88. The van der Waals surface area contributed by atoms with Gasteiger partial charge in [-0.1, -0.05) is 13.8 Å². The normalized spacial score (nSPS) is 24.1. The zero-order valence-electron chi connectivity index (χ0n) is 9.33. The highest BCUT2D eigenvalue weighted by molar-refractivity contribution is 5.83. The second-order valence-electron chi connectivity index (χ2n) is 4.49. The molecule has 0 spiro atoms. The third kappa shape index (κ3) is 3.07. The number of Topliss-reactive ketones (excluding diaryl/α,β-unsaturated/α-hetero) is 1. The van der Waals surface area contributed by atoms with Crippen molar-refractivity contribution in [3.8, 4) is 0 Å². The van der Waals surface area contributed by atoms with Gasteiger partial charge in [-0.25, -0.2) is 0 Å². The van der Waals surface area contributed by atoms with Crippen molar-refractivity contribution >= 4 is 5.78 Å². The third-order valence-electron chi connectivity index (χ3n) is 2.92. The Bertz CT molecular complexity index is 190. The maximum atomic E-state index is 11.8. The number of hydrogen-bond donors (Lipinski definition) is 1. The van der Waals surface area contributed by atoms with Gasteiger partial charge in [0.05, 0.1) is 0 Å². The molecule has 3 nitrogen and oxygen atoms in total. The number of hydrogen-bond acceptors (Lipinski definition) is 3. The van der Waals surface area contributed by atoms with Gasteiger partial charge in [0.1, 0.15) is 5.78 Å². The summed E-state index contributed by atoms with van der Waals surface area (Å²) in [5.74, 6) is 0.861. The molecule has 1 aliphatic rings. The summed E-state index contributed by atoms with van der Waals surface area (Å²) in [7, 11) is 0. The summed E-state index contributed by atoms with van der Waals surface area (Å²) in [5.41, 5.74) is 5.51. The molecule has 1 saturated heterocycles. The van der Waals surface area contributed by atoms with Crippen LogP contribution in [0, 0.1) is 11.8 Å². The van der Waals surface area contributed by atoms with Crippen LogP contribution in [0.5, 0.6) is 0 Å². The molecule has 0 aromatic rings. The van der Waals surface area contributed by atoms with Crippen LogP contribution in [0.4, 0.5) is 0 Å². The minimum atomic E-state index is 0.179. The largest absolute Gasteiger partial charge is 0.329 e. The highest BCUT2D eigenvalue weighted by atomic mass is 16.1. The number of likely N-dealkylation sites (tertiary alicyclic amines) is 1. The topological polar surface area (TPSA) is 46.3 Å². The highest BCUT2D eigenvalue weighted by Gasteiger charge is 2.26. The molecular weight excluding hydrogens is 176 g/mol. The summed E-state index contributed by atoms with van der Waals surface area (Å²) in [4.78, 5) is 14.1. The van der Waals surface area contributed by atoms with Gasteiger partial charge in [0.25, 0.3) is 0 Å². The van der Waals surface area contributed by atoms with E-state index in [0.717, 1.165) is 32.5 Å². The first-order chi connectivity index (χ1) is 6.65. The van der Waals surface area contributed by atoms with Gasteiger partial charge in [-0.2, -0.15) is 0 Å². The monoisotopic (exact) mass is 198 g/mol. The molecule has 1 rings (SSSR count). The zero-order valence-corrected chi connectivity index (χ0v) is 9.33. The number of nitrogens with two attached hydrogens (primary N) is 1. The smallest absolute Gasteiger partial charge is 0.139 e. The van der Waals surface area contributed by atoms with E-state index in [1.54, 1.807) is 0 Å². The van der Waals surface area contributed by atoms with Gasteiger partial charge >= 0.3 is 0 Å². The number of carbonyl (C=O) groups is 1. The average Bonchev–Trinajstić information content (AvgIpc) is 2.17. The number of rotatable bonds is 4. The third-order valence-corrected chi connectivity index (χ3v) is 2.92. The van der Waals surface area contributed by atoms with Gasteiger partial charge in [0.2, 0.25) is 0 Å². The Morgan fingerprint density at radius 1 is 1.57 bits per heavy atom. The van der Waals surface area contributed by atoms with Gasteiger partial charge in [0.15, 0.2) is 0 Å². The average molecular weight is 198 g/mol. The highest BCUT2D eigenvalue weighted by Crippen LogP contribution is 2.19. The minimum absolute atomic E-state index is 0.179. The van der Waals surface area contributed by atoms with Gasteiger partial charge in [-0.3, -0.25) is 4.79 Å². The molecule has 0 saturated carbocycles. The minimum Gasteiger partial charge on any atom is -0.329 e. The maximum Gasteiger partial charge on any atom is 0.139 e. The van der Waals surface area contributed by atoms with Crippen molar-refractivity contribution in [1.82, 2.24) is 4.90 Å². The van der Waals surface area contributed by atoms with Gasteiger partial charge in [0, 0.05) is 31.5 Å². The Morgan fingerprint density at radius 2 is 2.29 bits per heavy atom. The Balaban J connectivity index is 2.43. The first kappa shape index (κ1) is 11.7. The molecule has 1 fully saturated rings. The molecule has 0 aromatic heterocycles. The summed E-state index contributed by atoms with van der Waals surface area (Å²) in [6, 6.07) is 0. The maximum absolute atomic E-state index is 11.8. The summed E-state index contributed by atoms with van der Waals surface area (Å²) < 4.78 is 0. The van der Waals surface area contributed by atoms with Crippen LogP contribution in [0.15, 0.2) is 0 Å². The molecule has 14 heavy (non-hydrogen) atoms. The summed E-state index contributed by atoms with van der Waals surface area (Å²) in [5, 5.41) is 0. The predicted molar refractivity (Wildman–Crippen MR) is 58.1 cm³/mol. The number of piperidine rings is 1. The molecule has 0 aliphatic carbocycles. The Morgan fingerprint density at radius 3 is 2.86 bits per heavy atom. The molecule has 0 radical (unpaired) electrons. The fourth-order valence-corrected chi connectivity index (χ4v) is 2.14. The van der Waals surface area contributed by atoms with Crippen LogP contribution in [-0.4, -0.2) is 36.9 Å². The Kier molecular flexibility index (Phi) is 4.55. The molecule has 0 amide bonds. The van der Waals surface area contributed by atoms with E-state index in [-0.39, 0.29) is 11.8 Å². The fraction of sp³-hybridized carbons (Fsp3) is 0.909. The van der Waals surface area contributed by atoms with Gasteiger partial charge in [-0.15, -0.1) is 0 Å². The van der Waals surface area contributed by atoms with Crippen molar-refractivity contribution in [1.29, 1.82) is 0 Å². The van der Waals surface area contributed by atoms with Crippen molar-refractivity contribution in [3.63, 3.8) is 0 Å². The van der Waals surface area contributed by atoms with E-state index in [1.165, 1.54) is 0 Å². The molecule has 3 heteroatoms. The molecule has 0 bridgehead atoms. The molecule has 1 heterocycles. The lowest BCUT2D eigenvalue weighted by molar-refractivity contribution is -0.127. The van der Waals surface area contributed by atoms with Crippen LogP contribution in [-0.2, 0) is 4.79 Å². The molecule has 82 valence electrons. The summed E-state index contributed by atoms with van der Waals surface area (Å²) >= 11 is 0. The lowest BCUT2D eigenvalue weighted by Gasteiger charge is -2.32. The van der Waals surface area contributed by atoms with Crippen LogP contribution >= 0.6 is 0 Å². The van der Waals surface area contributed by atoms with Crippen LogP contribution in [0.3, 0.4) is 0 Å². The number of carbonyl (C=O) groups excluding carboxylic acids is 1. The van der Waals surface area contributed by atoms with E-state index in [0.29, 0.717) is 12.3 Å². The SMILES string of the molecule is CC(C)C(=O)C1CCCN(CCN)C1. The van der Waals surface area contributed by atoms with Crippen LogP contribution < -0.4 is 5.73 Å². The van der Waals surface area contributed by atoms with Crippen LogP contribution in [0.1, 0.15) is 26.7 Å². The molecule has 0 aromatic carbocycles. The molecular formula is C11H22N2O. The van der Waals surface area contributed by atoms with E-state index in [1.807, 2.05) is 13.8 Å². The van der Waals surface area contributed by atoms with E-state index >= 15 is 0 Å². The van der Waals surface area contributed by atoms with E-state index in [2.05, 4.69) is 4.90 Å². The van der Waals surface area contributed by atoms with Crippen molar-refractivity contribution in [2.75, 3.05) is 26.2 Å². The van der Waals surface area contributed by atoms with Crippen molar-refractivity contribution < 1.29 is 4.79 Å². The second-order valence-corrected chi connectivity index (χ2v) is 4.49.